The Morgan fingerprint density at radius 1 is 0.618 bits per heavy atom. The van der Waals surface area contributed by atoms with Gasteiger partial charge in [0.25, 0.3) is 6.71 Å². The lowest BCUT2D eigenvalue weighted by Gasteiger charge is -2.47. The molecule has 76 heavy (non-hydrogen) atoms. The van der Waals surface area contributed by atoms with Gasteiger partial charge in [0.15, 0.2) is 8.80 Å². The molecule has 0 fully saturated rings. The van der Waals surface area contributed by atoms with Gasteiger partial charge in [0.1, 0.15) is 0 Å². The number of thiophene rings is 1. The van der Waals surface area contributed by atoms with Crippen molar-refractivity contribution in [3.05, 3.63) is 214 Å². The Hall–Kier alpha value is -6.14. The number of fused-ring (bicyclic) bond motifs is 8. The fourth-order valence-electron chi connectivity index (χ4n) is 14.2. The van der Waals surface area contributed by atoms with Gasteiger partial charge in [-0.25, -0.2) is 0 Å². The SMILES string of the molecule is CC1=CC2=C3B(c4cc5c(cc4N2c2ccc(C(C)(C)C)cc2)C(C)(C)CCC5(C)C)c2sc4cc5c(cc4c2CN(c2ccc(-c4cccc([Si](c6ccccc6)c6ccccc6)c4)cc2)C3C1)C(C)(C)CC[C@@H]5C. The molecule has 1 unspecified atom stereocenters. The molecule has 2 aliphatic heterocycles. The highest BCUT2D eigenvalue weighted by molar-refractivity contribution is 7.31. The lowest BCUT2D eigenvalue weighted by Crippen LogP contribution is -2.55. The molecule has 5 aliphatic rings. The summed E-state index contributed by atoms with van der Waals surface area (Å²) in [5.74, 6) is 0.560. The maximum atomic E-state index is 2.84. The molecular weight excluding hydrogens is 952 g/mol. The third kappa shape index (κ3) is 8.16. The minimum absolute atomic E-state index is 0.0599. The molecule has 8 aromatic rings. The van der Waals surface area contributed by atoms with Gasteiger partial charge in [-0.2, -0.15) is 0 Å². The molecule has 7 aromatic carbocycles. The van der Waals surface area contributed by atoms with Gasteiger partial charge in [0, 0.05) is 40.0 Å². The molecule has 3 aliphatic carbocycles. The third-order valence-electron chi connectivity index (χ3n) is 18.9. The molecule has 0 spiro atoms. The van der Waals surface area contributed by atoms with Gasteiger partial charge in [-0.15, -0.1) is 11.3 Å². The standard InChI is InChI=1S/C71H74BN2SSi/c1-45-37-63-66-64(38-45)74(51-31-27-49(28-32-51)68(3,4)5)62-43-60-59(70(8,9)35-36-71(60,10)11)42-61(62)72(66)67-57(56-40-58-55(41-65(56)75-67)46(2)33-34-69(58,6)7)44-73(63)50-29-25-47(26-30-50)48-19-18-24-54(39-48)76(52-20-14-12-15-21-52)53-22-16-13-17-23-53/h12-32,38-43,46,63H,33-37,44H2,1-11H3/t46-,63?/m0/s1. The zero-order chi connectivity index (χ0) is 52.6. The lowest BCUT2D eigenvalue weighted by atomic mass is 9.34. The lowest BCUT2D eigenvalue weighted by molar-refractivity contribution is 0.332. The van der Waals surface area contributed by atoms with Crippen molar-refractivity contribution in [3.8, 4) is 11.1 Å². The van der Waals surface area contributed by atoms with E-state index in [-0.39, 0.29) is 34.4 Å². The van der Waals surface area contributed by atoms with Gasteiger partial charge in [-0.3, -0.25) is 0 Å². The molecule has 2 atom stereocenters. The van der Waals surface area contributed by atoms with Crippen LogP contribution in [-0.2, 0) is 28.2 Å². The van der Waals surface area contributed by atoms with Crippen LogP contribution in [0.15, 0.2) is 181 Å². The number of anilines is 3. The van der Waals surface area contributed by atoms with Gasteiger partial charge in [0.05, 0.1) is 0 Å². The fraction of sp³-hybridized carbons (Fsp3) is 0.324. The van der Waals surface area contributed by atoms with Gasteiger partial charge >= 0.3 is 0 Å². The van der Waals surface area contributed by atoms with Crippen LogP contribution in [0.1, 0.15) is 148 Å². The number of benzene rings is 7. The molecular formula is C71H74BN2SSi. The molecule has 0 saturated carbocycles. The number of allylic oxidation sites excluding steroid dienone is 1. The summed E-state index contributed by atoms with van der Waals surface area (Å²) < 4.78 is 3.01. The Balaban J connectivity index is 1.02. The summed E-state index contributed by atoms with van der Waals surface area (Å²) in [5, 5.41) is 5.70. The number of nitrogens with zero attached hydrogens (tertiary/aromatic N) is 2. The first-order chi connectivity index (χ1) is 36.3. The van der Waals surface area contributed by atoms with Crippen LogP contribution in [-0.4, -0.2) is 21.6 Å². The van der Waals surface area contributed by atoms with Gasteiger partial charge < -0.3 is 9.80 Å². The van der Waals surface area contributed by atoms with E-state index < -0.39 is 8.80 Å². The van der Waals surface area contributed by atoms with Crippen molar-refractivity contribution in [1.29, 1.82) is 0 Å². The smallest absolute Gasteiger partial charge is 0.257 e. The summed E-state index contributed by atoms with van der Waals surface area (Å²) >= 11 is 2.12. The van der Waals surface area contributed by atoms with E-state index in [0.29, 0.717) is 5.92 Å². The molecule has 0 amide bonds. The summed E-state index contributed by atoms with van der Waals surface area (Å²) in [5.41, 5.74) is 21.7. The summed E-state index contributed by atoms with van der Waals surface area (Å²) in [4.78, 5) is 5.55. The largest absolute Gasteiger partial charge is 0.361 e. The van der Waals surface area contributed by atoms with Crippen LogP contribution in [0.4, 0.5) is 17.1 Å². The Morgan fingerprint density at radius 2 is 1.24 bits per heavy atom. The zero-order valence-corrected chi connectivity index (χ0v) is 48.7. The topological polar surface area (TPSA) is 6.48 Å². The molecule has 0 bridgehead atoms. The van der Waals surface area contributed by atoms with E-state index >= 15 is 0 Å². The number of rotatable bonds is 6. The summed E-state index contributed by atoms with van der Waals surface area (Å²) in [6.45, 7) is 27.9. The zero-order valence-electron chi connectivity index (χ0n) is 46.9. The third-order valence-corrected chi connectivity index (χ3v) is 22.8. The van der Waals surface area contributed by atoms with E-state index in [4.69, 9.17) is 0 Å². The normalized spacial score (nSPS) is 20.1. The van der Waals surface area contributed by atoms with E-state index in [1.54, 1.807) is 26.9 Å². The van der Waals surface area contributed by atoms with Crippen LogP contribution < -0.4 is 35.6 Å². The summed E-state index contributed by atoms with van der Waals surface area (Å²) in [7, 11) is -1.21. The Bertz CT molecular complexity index is 3610. The van der Waals surface area contributed by atoms with Gasteiger partial charge in [-0.05, 0) is 181 Å². The predicted octanol–water partition coefficient (Wildman–Crippen LogP) is 15.2. The number of hydrogen-bond donors (Lipinski definition) is 0. The second-order valence-electron chi connectivity index (χ2n) is 26.4. The average molecular weight is 1030 g/mol. The molecule has 2 nitrogen and oxygen atoms in total. The van der Waals surface area contributed by atoms with Crippen molar-refractivity contribution in [3.63, 3.8) is 0 Å². The van der Waals surface area contributed by atoms with E-state index in [1.807, 2.05) is 0 Å². The maximum Gasteiger partial charge on any atom is 0.257 e. The van der Waals surface area contributed by atoms with Gasteiger partial charge in [0.2, 0.25) is 0 Å². The Morgan fingerprint density at radius 3 is 1.89 bits per heavy atom. The number of hydrogen-bond acceptors (Lipinski definition) is 3. The first kappa shape index (κ1) is 49.4. The highest BCUT2D eigenvalue weighted by Crippen LogP contribution is 2.52. The van der Waals surface area contributed by atoms with Crippen LogP contribution in [0, 0.1) is 0 Å². The first-order valence-electron chi connectivity index (χ1n) is 28.4. The monoisotopic (exact) mass is 1030 g/mol. The van der Waals surface area contributed by atoms with Gasteiger partial charge in [-0.1, -0.05) is 206 Å². The quantitative estimate of drug-likeness (QED) is 0.121. The van der Waals surface area contributed by atoms with Crippen molar-refractivity contribution in [2.45, 2.75) is 148 Å². The van der Waals surface area contributed by atoms with E-state index in [2.05, 4.69) is 261 Å². The highest BCUT2D eigenvalue weighted by Gasteiger charge is 2.49. The molecule has 3 heterocycles. The van der Waals surface area contributed by atoms with E-state index in [0.717, 1.165) is 13.0 Å². The summed E-state index contributed by atoms with van der Waals surface area (Å²) in [6.07, 6.45) is 8.43. The van der Waals surface area contributed by atoms with E-state index in [9.17, 15) is 0 Å². The minimum Gasteiger partial charge on any atom is -0.361 e. The van der Waals surface area contributed by atoms with Crippen LogP contribution in [0.25, 0.3) is 21.2 Å². The van der Waals surface area contributed by atoms with Crippen LogP contribution in [0.3, 0.4) is 0 Å². The maximum absolute atomic E-state index is 2.84. The van der Waals surface area contributed by atoms with Crippen LogP contribution >= 0.6 is 11.3 Å². The molecule has 5 heteroatoms. The molecule has 0 N–H and O–H groups in total. The van der Waals surface area contributed by atoms with Crippen molar-refractivity contribution in [1.82, 2.24) is 0 Å². The predicted molar refractivity (Wildman–Crippen MR) is 331 cm³/mol. The minimum atomic E-state index is -1.21. The molecule has 0 saturated heterocycles. The van der Waals surface area contributed by atoms with Crippen molar-refractivity contribution >= 4 is 79.8 Å². The van der Waals surface area contributed by atoms with E-state index in [1.165, 1.54) is 113 Å². The molecule has 381 valence electrons. The highest BCUT2D eigenvalue weighted by atomic mass is 32.1. The van der Waals surface area contributed by atoms with Crippen molar-refractivity contribution < 1.29 is 0 Å². The first-order valence-corrected chi connectivity index (χ1v) is 30.7. The van der Waals surface area contributed by atoms with Crippen molar-refractivity contribution in [2.24, 2.45) is 0 Å². The van der Waals surface area contributed by atoms with Crippen molar-refractivity contribution in [2.75, 3.05) is 9.80 Å². The average Bonchev–Trinajstić information content (AvgIpc) is 3.91. The Labute approximate surface area is 460 Å². The molecule has 13 rings (SSSR count). The molecule has 1 radical (unpaired) electrons. The van der Waals surface area contributed by atoms with Crippen LogP contribution in [0.2, 0.25) is 0 Å². The fourth-order valence-corrected chi connectivity index (χ4v) is 18.2. The molecule has 1 aromatic heterocycles. The summed E-state index contributed by atoms with van der Waals surface area (Å²) in [6, 6.07) is 62.0. The second kappa shape index (κ2) is 18.0. The Kier molecular flexibility index (Phi) is 11.7. The second-order valence-corrected chi connectivity index (χ2v) is 30.0. The van der Waals surface area contributed by atoms with Crippen LogP contribution in [0.5, 0.6) is 0 Å².